The van der Waals surface area contributed by atoms with E-state index >= 15 is 0 Å². The number of hydrogen-bond donors (Lipinski definition) is 0. The molecule has 0 unspecified atom stereocenters. The van der Waals surface area contributed by atoms with Gasteiger partial charge in [0.1, 0.15) is 23.5 Å². The normalized spacial score (nSPS) is 11.0. The minimum atomic E-state index is -0.417. The second-order valence-electron chi connectivity index (χ2n) is 5.35. The number of benzene rings is 2. The lowest BCUT2D eigenvalue weighted by molar-refractivity contribution is 0.310. The van der Waals surface area contributed by atoms with Gasteiger partial charge >= 0.3 is 5.63 Å². The summed E-state index contributed by atoms with van der Waals surface area (Å²) in [5.41, 5.74) is 1.57. The van der Waals surface area contributed by atoms with Gasteiger partial charge < -0.3 is 9.15 Å². The molecule has 0 bridgehead atoms. The first-order valence-corrected chi connectivity index (χ1v) is 7.77. The van der Waals surface area contributed by atoms with Gasteiger partial charge in [-0.05, 0) is 30.3 Å². The van der Waals surface area contributed by atoms with Crippen LogP contribution in [0, 0.1) is 0 Å². The second kappa shape index (κ2) is 5.98. The number of ether oxygens (including phenoxy) is 1. The maximum Gasteiger partial charge on any atom is 0.336 e. The fraction of sp³-hybridized carbons (Fsp3) is 0.0526. The van der Waals surface area contributed by atoms with Crippen LogP contribution in [0.15, 0.2) is 70.0 Å². The molecule has 5 heteroatoms. The van der Waals surface area contributed by atoms with E-state index in [1.165, 1.54) is 6.07 Å². The number of fused-ring (bicyclic) bond motifs is 2. The van der Waals surface area contributed by atoms with Crippen LogP contribution in [0.5, 0.6) is 5.75 Å². The Hall–Kier alpha value is -2.85. The third-order valence-corrected chi connectivity index (χ3v) is 4.00. The van der Waals surface area contributed by atoms with Crippen LogP contribution < -0.4 is 10.4 Å². The quantitative estimate of drug-likeness (QED) is 0.514. The Labute approximate surface area is 142 Å². The van der Waals surface area contributed by atoms with Gasteiger partial charge in [0, 0.05) is 33.6 Å². The van der Waals surface area contributed by atoms with Crippen LogP contribution in [-0.2, 0) is 6.61 Å². The predicted octanol–water partition coefficient (Wildman–Crippen LogP) is 4.57. The summed E-state index contributed by atoms with van der Waals surface area (Å²) < 4.78 is 11.1. The van der Waals surface area contributed by atoms with Crippen molar-refractivity contribution in [3.63, 3.8) is 0 Å². The van der Waals surface area contributed by atoms with Gasteiger partial charge in [-0.25, -0.2) is 4.79 Å². The maximum absolute atomic E-state index is 11.7. The van der Waals surface area contributed by atoms with E-state index in [9.17, 15) is 4.79 Å². The number of aromatic nitrogens is 1. The lowest BCUT2D eigenvalue weighted by Crippen LogP contribution is -2.04. The molecule has 4 rings (SSSR count). The molecule has 0 saturated carbocycles. The Morgan fingerprint density at radius 2 is 1.96 bits per heavy atom. The molecule has 2 aromatic heterocycles. The fourth-order valence-corrected chi connectivity index (χ4v) is 2.84. The minimum absolute atomic E-state index is 0.220. The Balaban J connectivity index is 1.74. The lowest BCUT2D eigenvalue weighted by atomic mass is 10.1. The van der Waals surface area contributed by atoms with E-state index in [-0.39, 0.29) is 6.61 Å². The highest BCUT2D eigenvalue weighted by molar-refractivity contribution is 6.31. The van der Waals surface area contributed by atoms with E-state index in [2.05, 4.69) is 4.98 Å². The molecule has 0 N–H and O–H groups in total. The monoisotopic (exact) mass is 337 g/mol. The zero-order valence-electron chi connectivity index (χ0n) is 12.5. The Morgan fingerprint density at radius 3 is 2.88 bits per heavy atom. The van der Waals surface area contributed by atoms with Crippen molar-refractivity contribution in [2.75, 3.05) is 0 Å². The largest absolute Gasteiger partial charge is 0.487 e. The molecule has 0 aliphatic rings. The van der Waals surface area contributed by atoms with Crippen LogP contribution in [0.2, 0.25) is 5.02 Å². The number of hydrogen-bond acceptors (Lipinski definition) is 4. The molecule has 0 aliphatic carbocycles. The summed E-state index contributed by atoms with van der Waals surface area (Å²) in [6, 6.07) is 16.2. The number of pyridine rings is 1. The van der Waals surface area contributed by atoms with Gasteiger partial charge in [-0.15, -0.1) is 0 Å². The van der Waals surface area contributed by atoms with Crippen LogP contribution in [0.3, 0.4) is 0 Å². The summed E-state index contributed by atoms with van der Waals surface area (Å²) in [4.78, 5) is 16.1. The van der Waals surface area contributed by atoms with Crippen LogP contribution in [0.1, 0.15) is 5.56 Å². The molecule has 0 saturated heterocycles. The second-order valence-corrected chi connectivity index (χ2v) is 5.79. The van der Waals surface area contributed by atoms with Crippen molar-refractivity contribution in [2.45, 2.75) is 6.61 Å². The summed E-state index contributed by atoms with van der Waals surface area (Å²) in [5.74, 6) is 0.663. The maximum atomic E-state index is 11.7. The number of rotatable bonds is 3. The van der Waals surface area contributed by atoms with Gasteiger partial charge in [0.25, 0.3) is 0 Å². The Kier molecular flexibility index (Phi) is 3.67. The van der Waals surface area contributed by atoms with Crippen molar-refractivity contribution in [2.24, 2.45) is 0 Å². The van der Waals surface area contributed by atoms with Gasteiger partial charge in [0.05, 0.1) is 0 Å². The van der Waals surface area contributed by atoms with Crippen LogP contribution in [-0.4, -0.2) is 4.98 Å². The average molecular weight is 338 g/mol. The van der Waals surface area contributed by atoms with Crippen LogP contribution in [0.4, 0.5) is 0 Å². The van der Waals surface area contributed by atoms with Crippen molar-refractivity contribution in [1.82, 2.24) is 4.98 Å². The van der Waals surface area contributed by atoms with Crippen molar-refractivity contribution in [1.29, 1.82) is 0 Å². The smallest absolute Gasteiger partial charge is 0.336 e. The molecular formula is C19H12ClNO3. The van der Waals surface area contributed by atoms with E-state index < -0.39 is 5.63 Å². The van der Waals surface area contributed by atoms with Gasteiger partial charge in [-0.3, -0.25) is 4.98 Å². The average Bonchev–Trinajstić information content (AvgIpc) is 2.60. The molecule has 2 aromatic carbocycles. The third-order valence-electron chi connectivity index (χ3n) is 3.77. The van der Waals surface area contributed by atoms with E-state index in [1.807, 2.05) is 30.3 Å². The van der Waals surface area contributed by atoms with Gasteiger partial charge in [-0.2, -0.15) is 0 Å². The molecule has 0 aliphatic heterocycles. The number of nitrogens with zero attached hydrogens (tertiary/aromatic N) is 1. The van der Waals surface area contributed by atoms with Crippen molar-refractivity contribution >= 4 is 33.5 Å². The summed E-state index contributed by atoms with van der Waals surface area (Å²) >= 11 is 6.06. The first-order valence-electron chi connectivity index (χ1n) is 7.39. The standard InChI is InChI=1S/C19H12ClNO3/c20-14-6-7-16-15(10-14)13(9-18(22)24-16)11-23-17-5-1-3-12-4-2-8-21-19(12)17/h1-10H,11H2. The van der Waals surface area contributed by atoms with Gasteiger partial charge in [0.2, 0.25) is 0 Å². The van der Waals surface area contributed by atoms with E-state index in [1.54, 1.807) is 24.4 Å². The predicted molar refractivity (Wildman–Crippen MR) is 93.6 cm³/mol. The molecule has 2 heterocycles. The van der Waals surface area contributed by atoms with Crippen LogP contribution in [0.25, 0.3) is 21.9 Å². The number of halogens is 1. The van der Waals surface area contributed by atoms with Crippen molar-refractivity contribution < 1.29 is 9.15 Å². The number of para-hydroxylation sites is 1. The Bertz CT molecular complexity index is 1100. The van der Waals surface area contributed by atoms with Crippen molar-refractivity contribution in [3.05, 3.63) is 81.8 Å². The topological polar surface area (TPSA) is 52.3 Å². The van der Waals surface area contributed by atoms with Crippen molar-refractivity contribution in [3.8, 4) is 5.75 Å². The highest BCUT2D eigenvalue weighted by atomic mass is 35.5. The van der Waals surface area contributed by atoms with Crippen LogP contribution >= 0.6 is 11.6 Å². The van der Waals surface area contributed by atoms with E-state index in [0.29, 0.717) is 16.4 Å². The lowest BCUT2D eigenvalue weighted by Gasteiger charge is -2.10. The summed E-state index contributed by atoms with van der Waals surface area (Å²) in [7, 11) is 0. The zero-order chi connectivity index (χ0) is 16.5. The van der Waals surface area contributed by atoms with E-state index in [0.717, 1.165) is 21.9 Å². The minimum Gasteiger partial charge on any atom is -0.487 e. The molecule has 0 spiro atoms. The molecule has 0 amide bonds. The zero-order valence-corrected chi connectivity index (χ0v) is 13.3. The molecular weight excluding hydrogens is 326 g/mol. The first kappa shape index (κ1) is 14.7. The summed E-state index contributed by atoms with van der Waals surface area (Å²) in [5, 5.41) is 2.33. The molecule has 4 aromatic rings. The molecule has 118 valence electrons. The highest BCUT2D eigenvalue weighted by Crippen LogP contribution is 2.26. The van der Waals surface area contributed by atoms with Gasteiger partial charge in [-0.1, -0.05) is 29.8 Å². The van der Waals surface area contributed by atoms with E-state index in [4.69, 9.17) is 20.8 Å². The molecule has 0 atom stereocenters. The Morgan fingerprint density at radius 1 is 1.08 bits per heavy atom. The highest BCUT2D eigenvalue weighted by Gasteiger charge is 2.09. The summed E-state index contributed by atoms with van der Waals surface area (Å²) in [6.45, 7) is 0.220. The first-order chi connectivity index (χ1) is 11.7. The molecule has 0 fully saturated rings. The fourth-order valence-electron chi connectivity index (χ4n) is 2.67. The summed E-state index contributed by atoms with van der Waals surface area (Å²) in [6.07, 6.45) is 1.72. The SMILES string of the molecule is O=c1cc(COc2cccc3cccnc23)c2cc(Cl)ccc2o1. The molecule has 0 radical (unpaired) electrons. The molecule has 4 nitrogen and oxygen atoms in total. The van der Waals surface area contributed by atoms with Gasteiger partial charge in [0.15, 0.2) is 0 Å². The molecule has 24 heavy (non-hydrogen) atoms. The third kappa shape index (κ3) is 2.72.